The lowest BCUT2D eigenvalue weighted by Crippen LogP contribution is -2.28. The van der Waals surface area contributed by atoms with Gasteiger partial charge in [-0.3, -0.25) is 9.79 Å². The molecular formula is C16H20N2O. The molecule has 0 N–H and O–H groups in total. The topological polar surface area (TPSA) is 41.8 Å². The average molecular weight is 256 g/mol. The predicted octanol–water partition coefficient (Wildman–Crippen LogP) is 3.35. The Hall–Kier alpha value is -2.21. The third-order valence-corrected chi connectivity index (χ3v) is 2.72. The maximum Gasteiger partial charge on any atom is 0.174 e. The Bertz CT molecular complexity index is 497. The number of terminal acetylenes is 1. The molecule has 0 unspecified atom stereocenters. The van der Waals surface area contributed by atoms with Crippen LogP contribution in [-0.2, 0) is 4.79 Å². The number of hydrogen-bond acceptors (Lipinski definition) is 3. The molecule has 0 aliphatic heterocycles. The van der Waals surface area contributed by atoms with Crippen LogP contribution in [-0.4, -0.2) is 18.7 Å². The lowest BCUT2D eigenvalue weighted by Gasteiger charge is -2.24. The van der Waals surface area contributed by atoms with Crippen LogP contribution in [0.15, 0.2) is 45.6 Å². The molecule has 100 valence electrons. The molecule has 0 aromatic carbocycles. The maximum atomic E-state index is 12.5. The molecule has 0 aromatic heterocycles. The van der Waals surface area contributed by atoms with Crippen LogP contribution in [0, 0.1) is 17.9 Å². The van der Waals surface area contributed by atoms with Crippen LogP contribution in [0.3, 0.4) is 0 Å². The molecule has 0 saturated carbocycles. The van der Waals surface area contributed by atoms with Crippen LogP contribution in [0.1, 0.15) is 27.7 Å². The van der Waals surface area contributed by atoms with Crippen molar-refractivity contribution < 1.29 is 4.79 Å². The van der Waals surface area contributed by atoms with E-state index in [0.29, 0.717) is 5.57 Å². The van der Waals surface area contributed by atoms with Crippen LogP contribution >= 0.6 is 0 Å². The number of rotatable bonds is 6. The van der Waals surface area contributed by atoms with Crippen molar-refractivity contribution in [2.45, 2.75) is 27.7 Å². The molecule has 3 heteroatoms. The number of nitrogens with zero attached hydrogens (tertiary/aromatic N) is 2. The molecule has 0 radical (unpaired) electrons. The van der Waals surface area contributed by atoms with Crippen molar-refractivity contribution in [2.75, 3.05) is 0 Å². The predicted molar refractivity (Wildman–Crippen MR) is 82.3 cm³/mol. The summed E-state index contributed by atoms with van der Waals surface area (Å²) in [5.74, 6) is -0.0606. The Balaban J connectivity index is 5.58. The average Bonchev–Trinajstić information content (AvgIpc) is 2.38. The van der Waals surface area contributed by atoms with Gasteiger partial charge in [-0.1, -0.05) is 24.7 Å². The van der Waals surface area contributed by atoms with E-state index in [0.717, 1.165) is 5.57 Å². The Kier molecular flexibility index (Phi) is 7.06. The van der Waals surface area contributed by atoms with Gasteiger partial charge in [0.25, 0.3) is 0 Å². The minimum atomic E-state index is -0.731. The van der Waals surface area contributed by atoms with Gasteiger partial charge >= 0.3 is 0 Å². The molecule has 3 nitrogen and oxygen atoms in total. The second-order valence-corrected chi connectivity index (χ2v) is 4.35. The zero-order valence-electron chi connectivity index (χ0n) is 12.0. The molecule has 0 rings (SSSR count). The van der Waals surface area contributed by atoms with E-state index in [4.69, 9.17) is 6.42 Å². The number of carbonyl (C=O) groups excluding carboxylic acids is 1. The zero-order chi connectivity index (χ0) is 14.9. The molecule has 0 fully saturated rings. The van der Waals surface area contributed by atoms with Crippen molar-refractivity contribution in [3.63, 3.8) is 0 Å². The van der Waals surface area contributed by atoms with Crippen LogP contribution in [0.5, 0.6) is 0 Å². The summed E-state index contributed by atoms with van der Waals surface area (Å²) >= 11 is 0. The quantitative estimate of drug-likeness (QED) is 0.311. The Morgan fingerprint density at radius 1 is 1.37 bits per heavy atom. The molecule has 0 heterocycles. The molecule has 0 atom stereocenters. The normalized spacial score (nSPS) is 13.8. The van der Waals surface area contributed by atoms with Crippen LogP contribution < -0.4 is 0 Å². The SMILES string of the molecule is C#C/N=C\C(=C/C)C(C)(C)C(=O)C(/C=C\C)=C/N=C. The van der Waals surface area contributed by atoms with Gasteiger partial charge in [-0.05, 0) is 40.0 Å². The summed E-state index contributed by atoms with van der Waals surface area (Å²) in [4.78, 5) is 20.0. The van der Waals surface area contributed by atoms with E-state index in [1.54, 1.807) is 12.2 Å². The van der Waals surface area contributed by atoms with E-state index in [1.165, 1.54) is 12.4 Å². The molecule has 0 aliphatic rings. The first-order valence-electron chi connectivity index (χ1n) is 5.94. The van der Waals surface area contributed by atoms with E-state index in [2.05, 4.69) is 22.7 Å². The highest BCUT2D eigenvalue weighted by Gasteiger charge is 2.32. The minimum absolute atomic E-state index is 0.0606. The van der Waals surface area contributed by atoms with Crippen molar-refractivity contribution in [3.8, 4) is 12.5 Å². The molecular weight excluding hydrogens is 236 g/mol. The van der Waals surface area contributed by atoms with Crippen molar-refractivity contribution in [1.82, 2.24) is 0 Å². The summed E-state index contributed by atoms with van der Waals surface area (Å²) in [5, 5.41) is 0. The van der Waals surface area contributed by atoms with E-state index in [9.17, 15) is 4.79 Å². The van der Waals surface area contributed by atoms with Gasteiger partial charge in [-0.2, -0.15) is 0 Å². The standard InChI is InChI=1S/C16H20N2O/c1-7-10-13(11-17-6)15(19)16(4,5)14(8-2)12-18-9-3/h3,7-8,10-12H,6H2,1-2,4-5H3/b10-7-,13-11+,14-8+,18-12-. The third-order valence-electron chi connectivity index (χ3n) is 2.72. The minimum Gasteiger partial charge on any atom is -0.293 e. The van der Waals surface area contributed by atoms with E-state index < -0.39 is 5.41 Å². The highest BCUT2D eigenvalue weighted by atomic mass is 16.1. The van der Waals surface area contributed by atoms with Gasteiger partial charge in [0, 0.05) is 24.0 Å². The summed E-state index contributed by atoms with van der Waals surface area (Å²) in [5.41, 5.74) is 0.524. The van der Waals surface area contributed by atoms with Gasteiger partial charge in [0.15, 0.2) is 5.78 Å². The summed E-state index contributed by atoms with van der Waals surface area (Å²) < 4.78 is 0. The lowest BCUT2D eigenvalue weighted by atomic mass is 9.77. The van der Waals surface area contributed by atoms with Crippen molar-refractivity contribution in [3.05, 3.63) is 35.6 Å². The Morgan fingerprint density at radius 3 is 2.42 bits per heavy atom. The summed E-state index contributed by atoms with van der Waals surface area (Å²) in [6.45, 7) is 10.7. The number of ketones is 1. The number of aliphatic imine (C=N–C) groups is 2. The second kappa shape index (κ2) is 7.99. The van der Waals surface area contributed by atoms with Gasteiger partial charge in [-0.25, -0.2) is 4.99 Å². The van der Waals surface area contributed by atoms with Gasteiger partial charge < -0.3 is 0 Å². The first-order chi connectivity index (χ1) is 8.95. The molecule has 19 heavy (non-hydrogen) atoms. The fourth-order valence-electron chi connectivity index (χ4n) is 1.65. The van der Waals surface area contributed by atoms with Gasteiger partial charge in [0.1, 0.15) is 0 Å². The maximum absolute atomic E-state index is 12.5. The molecule has 0 spiro atoms. The fraction of sp³-hybridized carbons (Fsp3) is 0.312. The van der Waals surface area contributed by atoms with Crippen LogP contribution in [0.25, 0.3) is 0 Å². The summed E-state index contributed by atoms with van der Waals surface area (Å²) in [6.07, 6.45) is 13.4. The Labute approximate surface area is 115 Å². The monoisotopic (exact) mass is 256 g/mol. The summed E-state index contributed by atoms with van der Waals surface area (Å²) in [7, 11) is 0. The van der Waals surface area contributed by atoms with Gasteiger partial charge in [0.2, 0.25) is 0 Å². The molecule has 0 saturated heterocycles. The highest BCUT2D eigenvalue weighted by Crippen LogP contribution is 2.29. The smallest absolute Gasteiger partial charge is 0.174 e. The lowest BCUT2D eigenvalue weighted by molar-refractivity contribution is -0.121. The molecule has 0 aromatic rings. The van der Waals surface area contributed by atoms with Gasteiger partial charge in [-0.15, -0.1) is 0 Å². The fourth-order valence-corrected chi connectivity index (χ4v) is 1.65. The number of allylic oxidation sites excluding steroid dienone is 5. The van der Waals surface area contributed by atoms with E-state index in [-0.39, 0.29) is 5.78 Å². The van der Waals surface area contributed by atoms with Crippen molar-refractivity contribution in [2.24, 2.45) is 15.4 Å². The third kappa shape index (κ3) is 4.51. The highest BCUT2D eigenvalue weighted by molar-refractivity contribution is 6.07. The number of hydrogen-bond donors (Lipinski definition) is 0. The summed E-state index contributed by atoms with van der Waals surface area (Å²) in [6, 6.07) is 2.18. The van der Waals surface area contributed by atoms with Crippen molar-refractivity contribution in [1.29, 1.82) is 0 Å². The van der Waals surface area contributed by atoms with E-state index >= 15 is 0 Å². The van der Waals surface area contributed by atoms with Gasteiger partial charge in [0.05, 0.1) is 5.41 Å². The number of carbonyl (C=O) groups is 1. The number of Topliss-reactive ketones (excluding diaryl/α,β-unsaturated/α-hetero) is 1. The second-order valence-electron chi connectivity index (χ2n) is 4.35. The first kappa shape index (κ1) is 16.8. The van der Waals surface area contributed by atoms with E-state index in [1.807, 2.05) is 33.8 Å². The largest absolute Gasteiger partial charge is 0.293 e. The molecule has 0 bridgehead atoms. The van der Waals surface area contributed by atoms with Crippen LogP contribution in [0.4, 0.5) is 0 Å². The van der Waals surface area contributed by atoms with Crippen LogP contribution in [0.2, 0.25) is 0 Å². The zero-order valence-corrected chi connectivity index (χ0v) is 12.0. The van der Waals surface area contributed by atoms with Crippen molar-refractivity contribution >= 4 is 18.7 Å². The molecule has 0 amide bonds. The first-order valence-corrected chi connectivity index (χ1v) is 5.94. The Morgan fingerprint density at radius 2 is 2.00 bits per heavy atom. The molecule has 0 aliphatic carbocycles.